The average Bonchev–Trinajstić information content (AvgIpc) is 2.80. The number of para-hydroxylation sites is 1. The second-order valence-corrected chi connectivity index (χ2v) is 6.52. The first-order valence-corrected chi connectivity index (χ1v) is 9.77. The topological polar surface area (TPSA) is 57.0 Å². The number of phenolic OH excluding ortho intramolecular Hbond substituents is 1. The van der Waals surface area contributed by atoms with E-state index >= 15 is 0 Å². The van der Waals surface area contributed by atoms with Gasteiger partial charge in [-0.1, -0.05) is 78.9 Å². The monoisotopic (exact) mass is 395 g/mol. The van der Waals surface area contributed by atoms with Gasteiger partial charge in [-0.15, -0.1) is 0 Å². The van der Waals surface area contributed by atoms with Crippen LogP contribution < -0.4 is 5.43 Å². The van der Waals surface area contributed by atoms with Crippen molar-refractivity contribution in [3.63, 3.8) is 0 Å². The molecule has 0 atom stereocenters. The van der Waals surface area contributed by atoms with Crippen LogP contribution in [-0.2, 0) is 0 Å². The van der Waals surface area contributed by atoms with Crippen LogP contribution in [0.1, 0.15) is 23.6 Å². The van der Waals surface area contributed by atoms with Crippen LogP contribution in [0.4, 0.5) is 0 Å². The molecule has 3 aromatic carbocycles. The van der Waals surface area contributed by atoms with E-state index < -0.39 is 0 Å². The minimum absolute atomic E-state index is 0.182. The highest BCUT2D eigenvalue weighted by molar-refractivity contribution is 6.13. The third kappa shape index (κ3) is 5.32. The number of aliphatic imine (C=N–C) groups is 1. The van der Waals surface area contributed by atoms with Crippen molar-refractivity contribution in [1.82, 2.24) is 5.43 Å². The Hall–Kier alpha value is -3.92. The number of hydrazone groups is 1. The molecule has 0 saturated carbocycles. The lowest BCUT2D eigenvalue weighted by atomic mass is 10.1. The highest BCUT2D eigenvalue weighted by Gasteiger charge is 2.08. The molecule has 30 heavy (non-hydrogen) atoms. The Balaban J connectivity index is 2.03. The molecule has 4 nitrogen and oxygen atoms in total. The molecule has 0 aliphatic rings. The van der Waals surface area contributed by atoms with Gasteiger partial charge in [0.15, 0.2) is 0 Å². The fourth-order valence-electron chi connectivity index (χ4n) is 2.98. The number of phenols is 1. The molecule has 3 aromatic rings. The fourth-order valence-corrected chi connectivity index (χ4v) is 2.98. The summed E-state index contributed by atoms with van der Waals surface area (Å²) >= 11 is 0. The lowest BCUT2D eigenvalue weighted by molar-refractivity contribution is 0.474. The van der Waals surface area contributed by atoms with E-state index in [1.165, 1.54) is 0 Å². The Kier molecular flexibility index (Phi) is 7.34. The van der Waals surface area contributed by atoms with Crippen molar-refractivity contribution >= 4 is 17.1 Å². The van der Waals surface area contributed by atoms with Gasteiger partial charge in [-0.2, -0.15) is 5.10 Å². The van der Waals surface area contributed by atoms with E-state index in [2.05, 4.69) is 15.5 Å². The van der Waals surface area contributed by atoms with Gasteiger partial charge in [0.1, 0.15) is 5.75 Å². The number of nitrogens with one attached hydrogen (secondary N) is 1. The zero-order chi connectivity index (χ0) is 21.2. The van der Waals surface area contributed by atoms with Gasteiger partial charge >= 0.3 is 0 Å². The first kappa shape index (κ1) is 20.8. The van der Waals surface area contributed by atoms with Crippen molar-refractivity contribution in [3.8, 4) is 5.75 Å². The van der Waals surface area contributed by atoms with Crippen molar-refractivity contribution in [1.29, 1.82) is 0 Å². The molecule has 0 amide bonds. The number of allylic oxidation sites excluding steroid dienone is 3. The maximum atomic E-state index is 10.2. The van der Waals surface area contributed by atoms with Gasteiger partial charge in [0.05, 0.1) is 17.1 Å². The normalized spacial score (nSPS) is 12.9. The van der Waals surface area contributed by atoms with Gasteiger partial charge in [-0.3, -0.25) is 10.4 Å². The Morgan fingerprint density at radius 1 is 0.800 bits per heavy atom. The standard InChI is InChI=1S/C26H25N3O/c1-3-12-23(22-17-10-11-18-26(22)30)28-29-25(21-15-8-5-9-16-21)19-24(27-2)20-13-6-4-7-14-20/h3-19,29-30H,1-2H3/b12-3-,25-19?,27-24?,28-23+. The van der Waals surface area contributed by atoms with E-state index in [1.807, 2.05) is 97.9 Å². The van der Waals surface area contributed by atoms with Crippen LogP contribution in [0.3, 0.4) is 0 Å². The zero-order valence-electron chi connectivity index (χ0n) is 17.2. The molecule has 0 radical (unpaired) electrons. The Labute approximate surface area is 177 Å². The minimum Gasteiger partial charge on any atom is -0.507 e. The molecule has 150 valence electrons. The molecular weight excluding hydrogens is 370 g/mol. The van der Waals surface area contributed by atoms with Gasteiger partial charge in [0.25, 0.3) is 0 Å². The van der Waals surface area contributed by atoms with Crippen LogP contribution in [0.25, 0.3) is 5.70 Å². The van der Waals surface area contributed by atoms with Gasteiger partial charge in [0.2, 0.25) is 0 Å². The Morgan fingerprint density at radius 3 is 2.00 bits per heavy atom. The molecule has 0 spiro atoms. The molecule has 0 aliphatic carbocycles. The molecule has 0 heterocycles. The number of hydrogen-bond acceptors (Lipinski definition) is 4. The second kappa shape index (κ2) is 10.6. The van der Waals surface area contributed by atoms with Crippen LogP contribution in [0.15, 0.2) is 113 Å². The fraction of sp³-hybridized carbons (Fsp3) is 0.0769. The zero-order valence-corrected chi connectivity index (χ0v) is 17.2. The van der Waals surface area contributed by atoms with Crippen molar-refractivity contribution < 1.29 is 5.11 Å². The predicted molar refractivity (Wildman–Crippen MR) is 126 cm³/mol. The van der Waals surface area contributed by atoms with Crippen molar-refractivity contribution in [2.75, 3.05) is 7.05 Å². The lowest BCUT2D eigenvalue weighted by Gasteiger charge is -2.11. The minimum atomic E-state index is 0.182. The third-order valence-corrected chi connectivity index (χ3v) is 4.48. The van der Waals surface area contributed by atoms with E-state index in [0.29, 0.717) is 11.3 Å². The molecule has 0 fully saturated rings. The number of rotatable bonds is 7. The molecule has 4 heteroatoms. The summed E-state index contributed by atoms with van der Waals surface area (Å²) in [6, 6.07) is 27.1. The number of hydrogen-bond donors (Lipinski definition) is 2. The number of benzene rings is 3. The Bertz CT molecular complexity index is 1080. The lowest BCUT2D eigenvalue weighted by Crippen LogP contribution is -2.12. The molecule has 2 N–H and O–H groups in total. The highest BCUT2D eigenvalue weighted by Crippen LogP contribution is 2.18. The van der Waals surface area contributed by atoms with Crippen molar-refractivity contribution in [3.05, 3.63) is 120 Å². The summed E-state index contributed by atoms with van der Waals surface area (Å²) < 4.78 is 0. The number of aromatic hydroxyl groups is 1. The molecule has 0 aromatic heterocycles. The van der Waals surface area contributed by atoms with E-state index in [9.17, 15) is 5.11 Å². The Morgan fingerprint density at radius 2 is 1.40 bits per heavy atom. The van der Waals surface area contributed by atoms with Gasteiger partial charge in [-0.05, 0) is 42.3 Å². The van der Waals surface area contributed by atoms with Gasteiger partial charge < -0.3 is 5.11 Å². The summed E-state index contributed by atoms with van der Waals surface area (Å²) in [7, 11) is 1.78. The quantitative estimate of drug-likeness (QED) is 0.414. The maximum absolute atomic E-state index is 10.2. The molecule has 0 bridgehead atoms. The largest absolute Gasteiger partial charge is 0.507 e. The van der Waals surface area contributed by atoms with E-state index in [0.717, 1.165) is 22.5 Å². The predicted octanol–water partition coefficient (Wildman–Crippen LogP) is 5.42. The maximum Gasteiger partial charge on any atom is 0.125 e. The summed E-state index contributed by atoms with van der Waals surface area (Å²) in [6.45, 7) is 1.92. The first-order valence-electron chi connectivity index (χ1n) is 9.77. The van der Waals surface area contributed by atoms with E-state index in [1.54, 1.807) is 19.2 Å². The van der Waals surface area contributed by atoms with Crippen molar-refractivity contribution in [2.24, 2.45) is 10.1 Å². The SMILES string of the molecule is C/C=C\C(=N/NC(=CC(=NC)c1ccccc1)c1ccccc1)c1ccccc1O. The smallest absolute Gasteiger partial charge is 0.125 e. The molecule has 0 saturated heterocycles. The highest BCUT2D eigenvalue weighted by atomic mass is 16.3. The average molecular weight is 396 g/mol. The van der Waals surface area contributed by atoms with Gasteiger partial charge in [-0.25, -0.2) is 0 Å². The summed E-state index contributed by atoms with van der Waals surface area (Å²) in [6.07, 6.45) is 5.73. The van der Waals surface area contributed by atoms with Crippen LogP contribution >= 0.6 is 0 Å². The molecular formula is C26H25N3O. The van der Waals surface area contributed by atoms with Crippen molar-refractivity contribution in [2.45, 2.75) is 6.92 Å². The van der Waals surface area contributed by atoms with E-state index in [-0.39, 0.29) is 5.75 Å². The molecule has 0 unspecified atom stereocenters. The van der Waals surface area contributed by atoms with E-state index in [4.69, 9.17) is 0 Å². The second-order valence-electron chi connectivity index (χ2n) is 6.52. The van der Waals surface area contributed by atoms with Crippen LogP contribution in [0.5, 0.6) is 5.75 Å². The van der Waals surface area contributed by atoms with Crippen LogP contribution in [0, 0.1) is 0 Å². The van der Waals surface area contributed by atoms with Crippen LogP contribution in [-0.4, -0.2) is 23.6 Å². The summed E-state index contributed by atoms with van der Waals surface area (Å²) in [5.74, 6) is 0.182. The first-order chi connectivity index (χ1) is 14.7. The summed E-state index contributed by atoms with van der Waals surface area (Å²) in [5.41, 5.74) is 8.12. The van der Waals surface area contributed by atoms with Crippen LogP contribution in [0.2, 0.25) is 0 Å². The summed E-state index contributed by atoms with van der Waals surface area (Å²) in [4.78, 5) is 4.46. The van der Waals surface area contributed by atoms with Gasteiger partial charge in [0, 0.05) is 12.6 Å². The third-order valence-electron chi connectivity index (χ3n) is 4.48. The molecule has 3 rings (SSSR count). The molecule has 0 aliphatic heterocycles. The summed E-state index contributed by atoms with van der Waals surface area (Å²) in [5, 5.41) is 14.8. The number of nitrogens with zero attached hydrogens (tertiary/aromatic N) is 2.